The summed E-state index contributed by atoms with van der Waals surface area (Å²) in [5, 5.41) is 0. The largest absolute Gasteiger partial charge is 0.614 e. The van der Waals surface area contributed by atoms with E-state index in [1.807, 2.05) is 0 Å². The molecule has 1 unspecified atom stereocenters. The van der Waals surface area contributed by atoms with Crippen LogP contribution in [-0.4, -0.2) is 37.4 Å². The first-order valence-corrected chi connectivity index (χ1v) is 7.75. The second kappa shape index (κ2) is 4.92. The summed E-state index contributed by atoms with van der Waals surface area (Å²) in [6.07, 6.45) is 4.87. The molecule has 1 amide bonds. The molecular formula is C10H15Cl2NO2S. The van der Waals surface area contributed by atoms with E-state index in [2.05, 4.69) is 0 Å². The average molecular weight is 284 g/mol. The standard InChI is InChI=1S/C10H15Cl2NO2S/c11-8(12)9(14)13-6-7-16(15)10(13)4-2-1-3-5-10/h8H,1-7H2. The van der Waals surface area contributed by atoms with Crippen LogP contribution in [0.2, 0.25) is 0 Å². The number of alkyl halides is 2. The van der Waals surface area contributed by atoms with Crippen molar-refractivity contribution in [3.05, 3.63) is 0 Å². The summed E-state index contributed by atoms with van der Waals surface area (Å²) in [5.74, 6) is 0.280. The molecule has 1 spiro atoms. The van der Waals surface area contributed by atoms with E-state index >= 15 is 0 Å². The van der Waals surface area contributed by atoms with Crippen molar-refractivity contribution in [1.82, 2.24) is 4.90 Å². The van der Waals surface area contributed by atoms with Gasteiger partial charge in [-0.1, -0.05) is 29.6 Å². The predicted octanol–water partition coefficient (Wildman–Crippen LogP) is 2.04. The quantitative estimate of drug-likeness (QED) is 0.546. The van der Waals surface area contributed by atoms with E-state index in [9.17, 15) is 9.35 Å². The first kappa shape index (κ1) is 12.8. The van der Waals surface area contributed by atoms with Crippen LogP contribution in [0.25, 0.3) is 0 Å². The van der Waals surface area contributed by atoms with Crippen LogP contribution in [0.5, 0.6) is 0 Å². The molecule has 0 aromatic heterocycles. The van der Waals surface area contributed by atoms with Crippen molar-refractivity contribution >= 4 is 40.3 Å². The van der Waals surface area contributed by atoms with Gasteiger partial charge in [-0.3, -0.25) is 9.69 Å². The third-order valence-electron chi connectivity index (χ3n) is 3.50. The molecule has 6 heteroatoms. The Kier molecular flexibility index (Phi) is 3.94. The summed E-state index contributed by atoms with van der Waals surface area (Å²) in [6, 6.07) is 0. The molecule has 1 atom stereocenters. The van der Waals surface area contributed by atoms with Crippen molar-refractivity contribution in [1.29, 1.82) is 0 Å². The summed E-state index contributed by atoms with van der Waals surface area (Å²) >= 11 is 10.3. The second-order valence-electron chi connectivity index (χ2n) is 4.35. The maximum absolute atomic E-state index is 12.1. The number of hydrogen-bond acceptors (Lipinski definition) is 2. The Hall–Kier alpha value is 0.360. The number of hydrogen-bond donors (Lipinski definition) is 0. The summed E-state index contributed by atoms with van der Waals surface area (Å²) in [5.41, 5.74) is 0. The SMILES string of the molecule is O=C(C(Cl)Cl)N1CC[S+]([O-])C12CCCCC2. The fourth-order valence-corrected chi connectivity index (χ4v) is 4.86. The lowest BCUT2D eigenvalue weighted by molar-refractivity contribution is -0.132. The van der Waals surface area contributed by atoms with Crippen LogP contribution in [0.4, 0.5) is 0 Å². The van der Waals surface area contributed by atoms with Crippen LogP contribution in [0, 0.1) is 0 Å². The topological polar surface area (TPSA) is 43.4 Å². The minimum Gasteiger partial charge on any atom is -0.614 e. The molecule has 1 saturated carbocycles. The Morgan fingerprint density at radius 1 is 1.31 bits per heavy atom. The Balaban J connectivity index is 2.21. The predicted molar refractivity (Wildman–Crippen MR) is 66.0 cm³/mol. The molecule has 92 valence electrons. The highest BCUT2D eigenvalue weighted by atomic mass is 35.5. The molecule has 0 N–H and O–H groups in total. The first-order valence-electron chi connectivity index (χ1n) is 5.56. The van der Waals surface area contributed by atoms with Gasteiger partial charge in [-0.15, -0.1) is 0 Å². The van der Waals surface area contributed by atoms with Crippen LogP contribution in [0.1, 0.15) is 32.1 Å². The van der Waals surface area contributed by atoms with E-state index in [1.54, 1.807) is 4.90 Å². The Labute approximate surface area is 109 Å². The smallest absolute Gasteiger partial charge is 0.260 e. The Morgan fingerprint density at radius 3 is 2.50 bits per heavy atom. The number of carbonyl (C=O) groups is 1. The van der Waals surface area contributed by atoms with Crippen molar-refractivity contribution in [2.45, 2.75) is 41.8 Å². The second-order valence-corrected chi connectivity index (χ2v) is 7.30. The highest BCUT2D eigenvalue weighted by Crippen LogP contribution is 2.43. The van der Waals surface area contributed by atoms with E-state index in [-0.39, 0.29) is 5.91 Å². The monoisotopic (exact) mass is 283 g/mol. The molecule has 16 heavy (non-hydrogen) atoms. The van der Waals surface area contributed by atoms with Gasteiger partial charge in [-0.25, -0.2) is 0 Å². The number of carbonyl (C=O) groups excluding carboxylic acids is 1. The number of amides is 1. The van der Waals surface area contributed by atoms with Gasteiger partial charge in [-0.05, 0) is 24.0 Å². The Bertz CT molecular complexity index is 282. The highest BCUT2D eigenvalue weighted by molar-refractivity contribution is 7.93. The van der Waals surface area contributed by atoms with E-state index in [1.165, 1.54) is 0 Å². The molecule has 0 aromatic rings. The van der Waals surface area contributed by atoms with Gasteiger partial charge in [0.05, 0.1) is 6.54 Å². The molecule has 1 aliphatic carbocycles. The van der Waals surface area contributed by atoms with Gasteiger partial charge in [0.1, 0.15) is 5.75 Å². The minimum absolute atomic E-state index is 0.281. The number of nitrogens with zero attached hydrogens (tertiary/aromatic N) is 1. The molecule has 1 aliphatic heterocycles. The van der Waals surface area contributed by atoms with Crippen LogP contribution < -0.4 is 0 Å². The molecular weight excluding hydrogens is 269 g/mol. The van der Waals surface area contributed by atoms with Crippen molar-refractivity contribution in [2.75, 3.05) is 12.3 Å². The fourth-order valence-electron chi connectivity index (χ4n) is 2.72. The molecule has 2 fully saturated rings. The van der Waals surface area contributed by atoms with Crippen LogP contribution in [0.15, 0.2) is 0 Å². The molecule has 1 saturated heterocycles. The highest BCUT2D eigenvalue weighted by Gasteiger charge is 2.55. The van der Waals surface area contributed by atoms with Gasteiger partial charge < -0.3 is 4.55 Å². The van der Waals surface area contributed by atoms with Gasteiger partial charge in [-0.2, -0.15) is 0 Å². The molecule has 0 radical (unpaired) electrons. The van der Waals surface area contributed by atoms with Crippen LogP contribution >= 0.6 is 23.2 Å². The molecule has 0 aromatic carbocycles. The van der Waals surface area contributed by atoms with E-state index < -0.39 is 20.9 Å². The van der Waals surface area contributed by atoms with Crippen LogP contribution in [0.3, 0.4) is 0 Å². The fraction of sp³-hybridized carbons (Fsp3) is 0.900. The van der Waals surface area contributed by atoms with E-state index in [0.29, 0.717) is 12.3 Å². The lowest BCUT2D eigenvalue weighted by Crippen LogP contribution is -2.53. The molecule has 2 rings (SSSR count). The third kappa shape index (κ3) is 2.05. The first-order chi connectivity index (χ1) is 7.58. The Morgan fingerprint density at radius 2 is 1.94 bits per heavy atom. The molecule has 1 heterocycles. The molecule has 2 aliphatic rings. The summed E-state index contributed by atoms with van der Waals surface area (Å²) < 4.78 is 12.1. The van der Waals surface area contributed by atoms with Gasteiger partial charge in [0.25, 0.3) is 5.91 Å². The van der Waals surface area contributed by atoms with E-state index in [4.69, 9.17) is 23.2 Å². The van der Waals surface area contributed by atoms with Crippen molar-refractivity contribution in [3.63, 3.8) is 0 Å². The van der Waals surface area contributed by atoms with Gasteiger partial charge >= 0.3 is 0 Å². The molecule has 0 bridgehead atoms. The van der Waals surface area contributed by atoms with Crippen molar-refractivity contribution in [3.8, 4) is 0 Å². The van der Waals surface area contributed by atoms with Crippen LogP contribution in [-0.2, 0) is 16.0 Å². The lowest BCUT2D eigenvalue weighted by atomic mass is 9.93. The number of halogens is 2. The van der Waals surface area contributed by atoms with Crippen molar-refractivity contribution in [2.24, 2.45) is 0 Å². The normalized spacial score (nSPS) is 29.0. The summed E-state index contributed by atoms with van der Waals surface area (Å²) in [7, 11) is 0. The number of rotatable bonds is 1. The molecule has 3 nitrogen and oxygen atoms in total. The third-order valence-corrected chi connectivity index (χ3v) is 5.91. The zero-order valence-electron chi connectivity index (χ0n) is 8.95. The lowest BCUT2D eigenvalue weighted by Gasteiger charge is -2.39. The zero-order valence-corrected chi connectivity index (χ0v) is 11.3. The van der Waals surface area contributed by atoms with Gasteiger partial charge in [0.15, 0.2) is 4.84 Å². The van der Waals surface area contributed by atoms with Gasteiger partial charge in [0, 0.05) is 12.8 Å². The summed E-state index contributed by atoms with van der Waals surface area (Å²) in [4.78, 5) is 12.1. The summed E-state index contributed by atoms with van der Waals surface area (Å²) in [6.45, 7) is 0.529. The van der Waals surface area contributed by atoms with Crippen molar-refractivity contribution < 1.29 is 9.35 Å². The van der Waals surface area contributed by atoms with Gasteiger partial charge in [0.2, 0.25) is 4.87 Å². The zero-order chi connectivity index (χ0) is 11.8. The minimum atomic E-state index is -1.03. The van der Waals surface area contributed by atoms with E-state index in [0.717, 1.165) is 32.1 Å². The maximum Gasteiger partial charge on any atom is 0.260 e. The maximum atomic E-state index is 12.1. The average Bonchev–Trinajstić information content (AvgIpc) is 2.57.